The third-order valence-corrected chi connectivity index (χ3v) is 1.24. The number of carboxylic acids is 1. The topological polar surface area (TPSA) is 76.0 Å². The largest absolute Gasteiger partial charge is 0.477 e. The fourth-order valence-corrected chi connectivity index (χ4v) is 0.576. The van der Waals surface area contributed by atoms with Gasteiger partial charge in [-0.05, 0) is 0 Å². The minimum absolute atomic E-state index is 0.0638. The van der Waals surface area contributed by atoms with Crippen LogP contribution in [0.4, 0.5) is 0 Å². The van der Waals surface area contributed by atoms with E-state index < -0.39 is 11.8 Å². The molecular weight excluding hydrogens is 162 g/mol. The van der Waals surface area contributed by atoms with Gasteiger partial charge in [-0.3, -0.25) is 4.79 Å². The van der Waals surface area contributed by atoms with Gasteiger partial charge in [0.15, 0.2) is 0 Å². The number of ketones is 1. The van der Waals surface area contributed by atoms with Crippen molar-refractivity contribution in [3.8, 4) is 0 Å². The minimum atomic E-state index is -1.43. The molecule has 5 heteroatoms. The molecule has 0 radical (unpaired) electrons. The number of ether oxygens (including phenoxy) is 1. The number of aliphatic imine (C=N–C) groups is 1. The van der Waals surface area contributed by atoms with E-state index in [-0.39, 0.29) is 13.0 Å². The van der Waals surface area contributed by atoms with Crippen molar-refractivity contribution in [2.45, 2.75) is 6.42 Å². The molecule has 5 nitrogen and oxygen atoms in total. The summed E-state index contributed by atoms with van der Waals surface area (Å²) in [6, 6.07) is 0. The van der Waals surface area contributed by atoms with Gasteiger partial charge >= 0.3 is 5.97 Å². The monoisotopic (exact) mass is 169 g/mol. The van der Waals surface area contributed by atoms with E-state index in [1.165, 1.54) is 0 Å². The van der Waals surface area contributed by atoms with Gasteiger partial charge in [-0.25, -0.2) is 9.79 Å². The standard InChI is InChI=1S/C7H7NO4/c9-5(7(10)11)2-4-12-6-1-3-8-6/h1,3H,2,4H2,(H,10,11). The summed E-state index contributed by atoms with van der Waals surface area (Å²) in [5, 5.41) is 8.17. The van der Waals surface area contributed by atoms with Crippen LogP contribution in [-0.4, -0.2) is 29.4 Å². The summed E-state index contributed by atoms with van der Waals surface area (Å²) in [6.45, 7) is 0.0638. The van der Waals surface area contributed by atoms with Crippen LogP contribution in [0.2, 0.25) is 0 Å². The Morgan fingerprint density at radius 2 is 2.25 bits per heavy atom. The molecule has 0 aromatic rings. The van der Waals surface area contributed by atoms with Gasteiger partial charge < -0.3 is 9.84 Å². The minimum Gasteiger partial charge on any atom is -0.477 e. The summed E-state index contributed by atoms with van der Waals surface area (Å²) in [4.78, 5) is 24.2. The molecule has 0 saturated heterocycles. The quantitative estimate of drug-likeness (QED) is 0.599. The predicted octanol–water partition coefficient (Wildman–Crippen LogP) is -0.0274. The highest BCUT2D eigenvalue weighted by Gasteiger charge is 2.11. The second-order valence-electron chi connectivity index (χ2n) is 2.11. The van der Waals surface area contributed by atoms with Gasteiger partial charge in [-0.2, -0.15) is 0 Å². The molecule has 1 aliphatic rings. The van der Waals surface area contributed by atoms with Crippen LogP contribution in [0.15, 0.2) is 17.3 Å². The van der Waals surface area contributed by atoms with Gasteiger partial charge in [0.05, 0.1) is 13.0 Å². The van der Waals surface area contributed by atoms with Crippen molar-refractivity contribution in [1.29, 1.82) is 0 Å². The number of carboxylic acid groups (broad SMARTS) is 1. The Bertz CT molecular complexity index is 267. The third kappa shape index (κ3) is 2.19. The van der Waals surface area contributed by atoms with E-state index in [1.54, 1.807) is 12.3 Å². The highest BCUT2D eigenvalue weighted by Crippen LogP contribution is 1.98. The van der Waals surface area contributed by atoms with Crippen LogP contribution in [-0.2, 0) is 14.3 Å². The molecule has 1 N–H and O–H groups in total. The van der Waals surface area contributed by atoms with Crippen LogP contribution >= 0.6 is 0 Å². The Hall–Kier alpha value is -1.65. The summed E-state index contributed by atoms with van der Waals surface area (Å²) in [7, 11) is 0. The van der Waals surface area contributed by atoms with Crippen LogP contribution in [0.25, 0.3) is 0 Å². The number of hydrogen-bond donors (Lipinski definition) is 1. The van der Waals surface area contributed by atoms with Crippen LogP contribution in [0.3, 0.4) is 0 Å². The summed E-state index contributed by atoms with van der Waals surface area (Å²) >= 11 is 0. The maximum absolute atomic E-state index is 10.5. The molecule has 1 aliphatic heterocycles. The van der Waals surface area contributed by atoms with Crippen LogP contribution in [0.5, 0.6) is 0 Å². The van der Waals surface area contributed by atoms with E-state index in [4.69, 9.17) is 9.84 Å². The molecule has 0 spiro atoms. The molecule has 0 amide bonds. The van der Waals surface area contributed by atoms with Gasteiger partial charge in [0.25, 0.3) is 0 Å². The number of rotatable bonds is 4. The maximum Gasteiger partial charge on any atom is 0.372 e. The van der Waals surface area contributed by atoms with Crippen LogP contribution < -0.4 is 0 Å². The Labute approximate surface area is 68.4 Å². The zero-order chi connectivity index (χ0) is 8.97. The van der Waals surface area contributed by atoms with Gasteiger partial charge in [0, 0.05) is 12.3 Å². The number of nitrogens with zero attached hydrogens (tertiary/aromatic N) is 1. The van der Waals surface area contributed by atoms with Crippen molar-refractivity contribution < 1.29 is 19.4 Å². The Morgan fingerprint density at radius 1 is 1.58 bits per heavy atom. The van der Waals surface area contributed by atoms with Crippen molar-refractivity contribution >= 4 is 17.7 Å². The van der Waals surface area contributed by atoms with Gasteiger partial charge in [-0.1, -0.05) is 0 Å². The van der Waals surface area contributed by atoms with Gasteiger partial charge in [0.1, 0.15) is 0 Å². The molecule has 0 bridgehead atoms. The number of hydrogen-bond acceptors (Lipinski definition) is 4. The van der Waals surface area contributed by atoms with E-state index in [0.29, 0.717) is 5.90 Å². The maximum atomic E-state index is 10.5. The normalized spacial score (nSPS) is 13.2. The van der Waals surface area contributed by atoms with Crippen molar-refractivity contribution in [1.82, 2.24) is 0 Å². The number of Topliss-reactive ketones (excluding diaryl/α,β-unsaturated/α-hetero) is 1. The molecule has 0 aromatic heterocycles. The average Bonchev–Trinajstić information content (AvgIpc) is 1.93. The summed E-state index contributed by atoms with van der Waals surface area (Å²) in [5.41, 5.74) is 0. The Kier molecular flexibility index (Phi) is 2.57. The van der Waals surface area contributed by atoms with Crippen molar-refractivity contribution in [2.24, 2.45) is 4.99 Å². The fraction of sp³-hybridized carbons (Fsp3) is 0.286. The van der Waals surface area contributed by atoms with Crippen molar-refractivity contribution in [2.75, 3.05) is 6.61 Å². The van der Waals surface area contributed by atoms with E-state index in [1.807, 2.05) is 0 Å². The zero-order valence-electron chi connectivity index (χ0n) is 6.19. The molecule has 0 saturated carbocycles. The predicted molar refractivity (Wildman–Crippen MR) is 39.8 cm³/mol. The lowest BCUT2D eigenvalue weighted by Crippen LogP contribution is -2.16. The first kappa shape index (κ1) is 8.45. The Balaban J connectivity index is 2.09. The highest BCUT2D eigenvalue weighted by atomic mass is 16.5. The highest BCUT2D eigenvalue weighted by molar-refractivity contribution is 6.32. The second-order valence-corrected chi connectivity index (χ2v) is 2.11. The average molecular weight is 169 g/mol. The summed E-state index contributed by atoms with van der Waals surface area (Å²) in [6.07, 6.45) is 3.06. The first-order chi connectivity index (χ1) is 5.70. The smallest absolute Gasteiger partial charge is 0.372 e. The SMILES string of the molecule is O=C(O)C(=O)CCOC1=NC=C1. The molecule has 12 heavy (non-hydrogen) atoms. The van der Waals surface area contributed by atoms with E-state index in [0.717, 1.165) is 0 Å². The molecule has 0 atom stereocenters. The van der Waals surface area contributed by atoms with Gasteiger partial charge in [-0.15, -0.1) is 0 Å². The van der Waals surface area contributed by atoms with Crippen molar-refractivity contribution in [3.05, 3.63) is 12.3 Å². The number of carbonyl (C=O) groups is 2. The second kappa shape index (κ2) is 3.66. The zero-order valence-corrected chi connectivity index (χ0v) is 6.19. The van der Waals surface area contributed by atoms with Crippen molar-refractivity contribution in [3.63, 3.8) is 0 Å². The molecule has 64 valence electrons. The summed E-state index contributed by atoms with van der Waals surface area (Å²) in [5.74, 6) is -1.84. The molecule has 0 aromatic carbocycles. The fourth-order valence-electron chi connectivity index (χ4n) is 0.576. The van der Waals surface area contributed by atoms with E-state index in [2.05, 4.69) is 4.99 Å². The van der Waals surface area contributed by atoms with E-state index in [9.17, 15) is 9.59 Å². The Morgan fingerprint density at radius 3 is 2.67 bits per heavy atom. The molecule has 0 unspecified atom stereocenters. The lowest BCUT2D eigenvalue weighted by atomic mass is 10.3. The molecular formula is C7H7NO4. The molecule has 1 rings (SSSR count). The molecule has 0 fully saturated rings. The van der Waals surface area contributed by atoms with Gasteiger partial charge in [0.2, 0.25) is 11.7 Å². The molecule has 0 aliphatic carbocycles. The lowest BCUT2D eigenvalue weighted by molar-refractivity contribution is -0.149. The number of aliphatic carboxylic acids is 1. The number of carbonyl (C=O) groups excluding carboxylic acids is 1. The first-order valence-corrected chi connectivity index (χ1v) is 3.33. The molecule has 1 heterocycles. The lowest BCUT2D eigenvalue weighted by Gasteiger charge is -2.06. The van der Waals surface area contributed by atoms with Crippen LogP contribution in [0, 0.1) is 0 Å². The first-order valence-electron chi connectivity index (χ1n) is 3.33. The summed E-state index contributed by atoms with van der Waals surface area (Å²) < 4.78 is 4.88. The third-order valence-electron chi connectivity index (χ3n) is 1.24. The van der Waals surface area contributed by atoms with Crippen LogP contribution in [0.1, 0.15) is 6.42 Å². The van der Waals surface area contributed by atoms with E-state index >= 15 is 0 Å².